The summed E-state index contributed by atoms with van der Waals surface area (Å²) in [5.41, 5.74) is 0.610. The van der Waals surface area contributed by atoms with Crippen molar-refractivity contribution in [3.63, 3.8) is 0 Å². The van der Waals surface area contributed by atoms with Gasteiger partial charge in [0.2, 0.25) is 11.7 Å². The lowest BCUT2D eigenvalue weighted by Gasteiger charge is -2.34. The smallest absolute Gasteiger partial charge is 0.321 e. The third-order valence-corrected chi connectivity index (χ3v) is 8.00. The van der Waals surface area contributed by atoms with Gasteiger partial charge in [-0.3, -0.25) is 23.9 Å². The molecule has 1 aliphatic rings. The van der Waals surface area contributed by atoms with E-state index < -0.39 is 11.9 Å². The third kappa shape index (κ3) is 5.52. The van der Waals surface area contributed by atoms with Gasteiger partial charge in [0.25, 0.3) is 5.56 Å². The molecule has 10 heteroatoms. The monoisotopic (exact) mass is 498 g/mol. The summed E-state index contributed by atoms with van der Waals surface area (Å²) >= 11 is 1.19. The highest BCUT2D eigenvalue weighted by Gasteiger charge is 2.28. The average molecular weight is 499 g/mol. The molecule has 1 saturated carbocycles. The normalized spacial score (nSPS) is 20.3. The second-order valence-corrected chi connectivity index (χ2v) is 10.4. The van der Waals surface area contributed by atoms with Gasteiger partial charge in [0.15, 0.2) is 5.16 Å². The number of carbonyl (C=O) groups is 2. The third-order valence-electron chi connectivity index (χ3n) is 7.07. The Morgan fingerprint density at radius 1 is 1.14 bits per heavy atom. The molecular weight excluding hydrogens is 464 g/mol. The number of imide groups is 1. The van der Waals surface area contributed by atoms with E-state index in [1.54, 1.807) is 10.6 Å². The molecule has 3 atom stereocenters. The van der Waals surface area contributed by atoms with Gasteiger partial charge in [-0.15, -0.1) is 10.2 Å². The molecule has 0 bridgehead atoms. The minimum atomic E-state index is -0.456. The Balaban J connectivity index is 1.48. The molecule has 0 spiro atoms. The van der Waals surface area contributed by atoms with Crippen LogP contribution in [0.3, 0.4) is 0 Å². The second-order valence-electron chi connectivity index (χ2n) is 9.48. The highest BCUT2D eigenvalue weighted by atomic mass is 32.2. The first-order valence-corrected chi connectivity index (χ1v) is 13.5. The van der Waals surface area contributed by atoms with Gasteiger partial charge in [-0.05, 0) is 36.8 Å². The van der Waals surface area contributed by atoms with Crippen LogP contribution in [0.2, 0.25) is 0 Å². The van der Waals surface area contributed by atoms with Crippen molar-refractivity contribution in [1.29, 1.82) is 0 Å². The molecule has 4 rings (SSSR count). The Hall–Kier alpha value is -2.88. The molecule has 0 radical (unpaired) electrons. The van der Waals surface area contributed by atoms with E-state index in [2.05, 4.69) is 41.6 Å². The molecule has 1 aromatic carbocycles. The zero-order valence-electron chi connectivity index (χ0n) is 20.6. The van der Waals surface area contributed by atoms with Crippen molar-refractivity contribution in [1.82, 2.24) is 29.8 Å². The van der Waals surface area contributed by atoms with E-state index in [9.17, 15) is 14.4 Å². The summed E-state index contributed by atoms with van der Waals surface area (Å²) in [4.78, 5) is 38.0. The number of urea groups is 1. The lowest BCUT2D eigenvalue weighted by molar-refractivity contribution is -0.117. The van der Waals surface area contributed by atoms with Gasteiger partial charge in [0.1, 0.15) is 0 Å². The zero-order valence-corrected chi connectivity index (χ0v) is 21.4. The number of unbranched alkanes of at least 4 members (excludes halogenated alkanes) is 2. The van der Waals surface area contributed by atoms with Gasteiger partial charge >= 0.3 is 6.03 Å². The van der Waals surface area contributed by atoms with Gasteiger partial charge in [0, 0.05) is 12.6 Å². The lowest BCUT2D eigenvalue weighted by atomic mass is 9.78. The van der Waals surface area contributed by atoms with Crippen molar-refractivity contribution in [2.45, 2.75) is 77.0 Å². The van der Waals surface area contributed by atoms with Crippen LogP contribution in [0.1, 0.15) is 59.3 Å². The average Bonchev–Trinajstić information content (AvgIpc) is 3.27. The number of thioether (sulfide) groups is 1. The number of nitrogens with zero attached hydrogens (tertiary/aromatic N) is 4. The summed E-state index contributed by atoms with van der Waals surface area (Å²) in [7, 11) is 0. The maximum atomic E-state index is 13.1. The quantitative estimate of drug-likeness (QED) is 0.359. The van der Waals surface area contributed by atoms with Crippen molar-refractivity contribution >= 4 is 40.4 Å². The van der Waals surface area contributed by atoms with Crippen LogP contribution in [-0.2, 0) is 11.3 Å². The molecule has 0 unspecified atom stereocenters. The highest BCUT2D eigenvalue weighted by Crippen LogP contribution is 2.29. The molecule has 9 nitrogen and oxygen atoms in total. The topological polar surface area (TPSA) is 110 Å². The first-order chi connectivity index (χ1) is 16.9. The van der Waals surface area contributed by atoms with Crippen molar-refractivity contribution in [2.75, 3.05) is 5.75 Å². The van der Waals surface area contributed by atoms with Crippen LogP contribution in [-0.4, -0.2) is 42.9 Å². The molecule has 188 valence electrons. The van der Waals surface area contributed by atoms with E-state index in [4.69, 9.17) is 0 Å². The molecule has 3 aromatic rings. The molecule has 1 aliphatic carbocycles. The molecule has 0 saturated heterocycles. The number of carbonyl (C=O) groups excluding carboxylic acids is 2. The van der Waals surface area contributed by atoms with Crippen molar-refractivity contribution in [3.05, 3.63) is 34.6 Å². The van der Waals surface area contributed by atoms with Gasteiger partial charge in [-0.25, -0.2) is 4.79 Å². The molecule has 35 heavy (non-hydrogen) atoms. The van der Waals surface area contributed by atoms with Gasteiger partial charge in [-0.2, -0.15) is 0 Å². The Bertz CT molecular complexity index is 1270. The number of hydrogen-bond acceptors (Lipinski definition) is 6. The van der Waals surface area contributed by atoms with Crippen LogP contribution in [0.5, 0.6) is 0 Å². The summed E-state index contributed by atoms with van der Waals surface area (Å²) < 4.78 is 3.49. The number of hydrogen-bond donors (Lipinski definition) is 2. The summed E-state index contributed by atoms with van der Waals surface area (Å²) in [6.45, 7) is 7.03. The number of benzene rings is 1. The maximum Gasteiger partial charge on any atom is 0.321 e. The molecular formula is C25H34N6O3S. The van der Waals surface area contributed by atoms with E-state index in [1.165, 1.54) is 18.2 Å². The fraction of sp³-hybridized carbons (Fsp3) is 0.560. The van der Waals surface area contributed by atoms with Gasteiger partial charge in [-0.1, -0.05) is 70.3 Å². The fourth-order valence-corrected chi connectivity index (χ4v) is 5.57. The molecule has 0 aliphatic heterocycles. The summed E-state index contributed by atoms with van der Waals surface area (Å²) in [5.74, 6) is 1.00. The number of aromatic nitrogens is 4. The second kappa shape index (κ2) is 11.2. The summed E-state index contributed by atoms with van der Waals surface area (Å²) in [6, 6.07) is 6.97. The number of aryl methyl sites for hydroxylation is 1. The maximum absolute atomic E-state index is 13.1. The Kier molecular flexibility index (Phi) is 8.10. The Labute approximate surface area is 209 Å². The van der Waals surface area contributed by atoms with Crippen LogP contribution >= 0.6 is 11.8 Å². The van der Waals surface area contributed by atoms with E-state index in [1.807, 2.05) is 22.6 Å². The van der Waals surface area contributed by atoms with Crippen LogP contribution in [0, 0.1) is 11.8 Å². The molecule has 2 aromatic heterocycles. The minimum absolute atomic E-state index is 0.00806. The standard InChI is InChI=1S/C25H34N6O3S/c1-4-5-8-14-30-22(33)18-11-6-7-13-20(18)31-24(30)28-29-25(31)35-15-21(32)27-23(34)26-19-12-9-10-16(2)17(19)3/h6-7,11,13,16-17,19H,4-5,8-10,12,14-15H2,1-3H3,(H2,26,27,32,34)/t16-,17+,19+/m1/s1. The molecule has 2 N–H and O–H groups in total. The van der Waals surface area contributed by atoms with E-state index >= 15 is 0 Å². The number of fused-ring (bicyclic) bond motifs is 3. The van der Waals surface area contributed by atoms with Crippen LogP contribution in [0.4, 0.5) is 4.79 Å². The molecule has 3 amide bonds. The Morgan fingerprint density at radius 3 is 2.74 bits per heavy atom. The van der Waals surface area contributed by atoms with Crippen molar-refractivity contribution < 1.29 is 9.59 Å². The fourth-order valence-electron chi connectivity index (χ4n) is 4.83. The number of nitrogens with one attached hydrogen (secondary N) is 2. The van der Waals surface area contributed by atoms with Crippen molar-refractivity contribution in [2.24, 2.45) is 11.8 Å². The largest absolute Gasteiger partial charge is 0.335 e. The SMILES string of the molecule is CCCCCn1c(=O)c2ccccc2n2c(SCC(=O)NC(=O)N[C@H]3CCC[C@@H](C)[C@@H]3C)nnc12. The van der Waals surface area contributed by atoms with Crippen LogP contribution < -0.4 is 16.2 Å². The predicted octanol–water partition coefficient (Wildman–Crippen LogP) is 3.98. The minimum Gasteiger partial charge on any atom is -0.335 e. The zero-order chi connectivity index (χ0) is 24.9. The van der Waals surface area contributed by atoms with Crippen LogP contribution in [0.15, 0.2) is 34.2 Å². The summed E-state index contributed by atoms with van der Waals surface area (Å²) in [5, 5.41) is 15.1. The molecule has 2 heterocycles. The highest BCUT2D eigenvalue weighted by molar-refractivity contribution is 7.99. The van der Waals surface area contributed by atoms with Crippen LogP contribution in [0.25, 0.3) is 16.7 Å². The van der Waals surface area contributed by atoms with Crippen molar-refractivity contribution in [3.8, 4) is 0 Å². The first-order valence-electron chi connectivity index (χ1n) is 12.5. The van der Waals surface area contributed by atoms with E-state index in [0.29, 0.717) is 40.2 Å². The van der Waals surface area contributed by atoms with E-state index in [0.717, 1.165) is 32.1 Å². The summed E-state index contributed by atoms with van der Waals surface area (Å²) in [6.07, 6.45) is 6.12. The predicted molar refractivity (Wildman–Crippen MR) is 138 cm³/mol. The van der Waals surface area contributed by atoms with Gasteiger partial charge < -0.3 is 5.32 Å². The number of amides is 3. The van der Waals surface area contributed by atoms with E-state index in [-0.39, 0.29) is 17.4 Å². The molecule has 1 fully saturated rings. The Morgan fingerprint density at radius 2 is 1.94 bits per heavy atom. The number of para-hydroxylation sites is 1. The van der Waals surface area contributed by atoms with Gasteiger partial charge in [0.05, 0.1) is 16.7 Å². The first kappa shape index (κ1) is 25.2. The number of rotatable bonds is 8. The lowest BCUT2D eigenvalue weighted by Crippen LogP contribution is -2.49.